The summed E-state index contributed by atoms with van der Waals surface area (Å²) in [6.07, 6.45) is 6.50. The third-order valence-electron chi connectivity index (χ3n) is 2.61. The van der Waals surface area contributed by atoms with E-state index in [2.05, 4.69) is 34.7 Å². The van der Waals surface area contributed by atoms with Crippen molar-refractivity contribution in [2.75, 3.05) is 11.9 Å². The van der Waals surface area contributed by atoms with Gasteiger partial charge in [0.1, 0.15) is 0 Å². The molecule has 0 atom stereocenters. The van der Waals surface area contributed by atoms with Crippen LogP contribution in [-0.2, 0) is 7.05 Å². The molecule has 0 aliphatic rings. The largest absolute Gasteiger partial charge is 0.353 e. The van der Waals surface area contributed by atoms with Gasteiger partial charge >= 0.3 is 0 Å². The average Bonchev–Trinajstić information content (AvgIpc) is 2.62. The number of rotatable bonds is 8. The fraction of sp³-hybridized carbons (Fsp3) is 0.909. The highest BCUT2D eigenvalue weighted by atomic mass is 15.6. The Morgan fingerprint density at radius 2 is 1.94 bits per heavy atom. The van der Waals surface area contributed by atoms with Crippen molar-refractivity contribution in [3.63, 3.8) is 0 Å². The van der Waals surface area contributed by atoms with Crippen molar-refractivity contribution in [1.82, 2.24) is 20.2 Å². The van der Waals surface area contributed by atoms with Crippen LogP contribution in [0, 0.1) is 5.92 Å². The van der Waals surface area contributed by atoms with Crippen LogP contribution in [0.5, 0.6) is 0 Å². The minimum absolute atomic E-state index is 0.752. The van der Waals surface area contributed by atoms with E-state index >= 15 is 0 Å². The molecule has 0 aromatic carbocycles. The van der Waals surface area contributed by atoms with E-state index in [0.717, 1.165) is 18.4 Å². The fourth-order valence-corrected chi connectivity index (χ4v) is 1.61. The SMILES string of the molecule is CC(C)CCCCCCNc1nnnn1C. The van der Waals surface area contributed by atoms with Gasteiger partial charge in [0.05, 0.1) is 0 Å². The molecule has 1 aromatic heterocycles. The third-order valence-corrected chi connectivity index (χ3v) is 2.61. The van der Waals surface area contributed by atoms with E-state index in [1.54, 1.807) is 4.68 Å². The van der Waals surface area contributed by atoms with Crippen molar-refractivity contribution in [1.29, 1.82) is 0 Å². The highest BCUT2D eigenvalue weighted by Crippen LogP contribution is 2.09. The maximum atomic E-state index is 3.86. The molecule has 1 rings (SSSR count). The molecule has 0 fully saturated rings. The second-order valence-electron chi connectivity index (χ2n) is 4.65. The van der Waals surface area contributed by atoms with Crippen LogP contribution < -0.4 is 5.32 Å². The summed E-state index contributed by atoms with van der Waals surface area (Å²) in [6.45, 7) is 5.52. The van der Waals surface area contributed by atoms with Gasteiger partial charge in [0.25, 0.3) is 0 Å². The first-order chi connectivity index (χ1) is 7.70. The highest BCUT2D eigenvalue weighted by Gasteiger charge is 1.99. The van der Waals surface area contributed by atoms with Gasteiger partial charge < -0.3 is 5.32 Å². The van der Waals surface area contributed by atoms with Gasteiger partial charge in [-0.25, -0.2) is 4.68 Å². The van der Waals surface area contributed by atoms with Crippen LogP contribution in [0.3, 0.4) is 0 Å². The van der Waals surface area contributed by atoms with Gasteiger partial charge in [-0.1, -0.05) is 44.6 Å². The lowest BCUT2D eigenvalue weighted by molar-refractivity contribution is 0.522. The molecule has 0 saturated heterocycles. The van der Waals surface area contributed by atoms with Gasteiger partial charge in [-0.3, -0.25) is 0 Å². The molecule has 5 heteroatoms. The predicted molar refractivity (Wildman–Crippen MR) is 65.2 cm³/mol. The first kappa shape index (κ1) is 12.9. The molecule has 5 nitrogen and oxygen atoms in total. The van der Waals surface area contributed by atoms with Crippen molar-refractivity contribution in [2.45, 2.75) is 46.0 Å². The first-order valence-corrected chi connectivity index (χ1v) is 6.16. The normalized spacial score (nSPS) is 11.0. The third kappa shape index (κ3) is 5.09. The monoisotopic (exact) mass is 225 g/mol. The van der Waals surface area contributed by atoms with Crippen molar-refractivity contribution >= 4 is 5.95 Å². The zero-order chi connectivity index (χ0) is 11.8. The Kier molecular flexibility index (Phi) is 5.82. The molecule has 0 bridgehead atoms. The zero-order valence-corrected chi connectivity index (χ0v) is 10.6. The highest BCUT2D eigenvalue weighted by molar-refractivity contribution is 5.20. The van der Waals surface area contributed by atoms with Crippen LogP contribution in [0.15, 0.2) is 0 Å². The number of hydrogen-bond acceptors (Lipinski definition) is 4. The molecule has 1 aromatic rings. The summed E-state index contributed by atoms with van der Waals surface area (Å²) in [5.74, 6) is 1.59. The lowest BCUT2D eigenvalue weighted by Gasteiger charge is -2.05. The molecule has 0 radical (unpaired) electrons. The van der Waals surface area contributed by atoms with Gasteiger partial charge in [0.2, 0.25) is 5.95 Å². The molecule has 0 saturated carbocycles. The quantitative estimate of drug-likeness (QED) is 0.689. The smallest absolute Gasteiger partial charge is 0.242 e. The summed E-state index contributed by atoms with van der Waals surface area (Å²) in [6, 6.07) is 0. The van der Waals surface area contributed by atoms with Crippen molar-refractivity contribution in [3.8, 4) is 0 Å². The Morgan fingerprint density at radius 1 is 1.19 bits per heavy atom. The molecule has 92 valence electrons. The van der Waals surface area contributed by atoms with E-state index in [9.17, 15) is 0 Å². The summed E-state index contributed by atoms with van der Waals surface area (Å²) in [5.41, 5.74) is 0. The van der Waals surface area contributed by atoms with Crippen LogP contribution in [0.2, 0.25) is 0 Å². The van der Waals surface area contributed by atoms with Crippen molar-refractivity contribution < 1.29 is 0 Å². The Labute approximate surface area is 97.6 Å². The van der Waals surface area contributed by atoms with Crippen LogP contribution in [-0.4, -0.2) is 26.8 Å². The predicted octanol–water partition coefficient (Wildman–Crippen LogP) is 2.23. The molecule has 0 aliphatic carbocycles. The van der Waals surface area contributed by atoms with E-state index in [4.69, 9.17) is 0 Å². The van der Waals surface area contributed by atoms with Gasteiger partial charge in [-0.05, 0) is 22.8 Å². The molecule has 0 aliphatic heterocycles. The summed E-state index contributed by atoms with van der Waals surface area (Å²) < 4.78 is 1.65. The molecule has 0 spiro atoms. The molecule has 16 heavy (non-hydrogen) atoms. The number of nitrogens with zero attached hydrogens (tertiary/aromatic N) is 4. The molecule has 0 amide bonds. The molecular weight excluding hydrogens is 202 g/mol. The van der Waals surface area contributed by atoms with Crippen molar-refractivity contribution in [2.24, 2.45) is 13.0 Å². The second kappa shape index (κ2) is 7.19. The molecule has 1 heterocycles. The number of hydrogen-bond donors (Lipinski definition) is 1. The van der Waals surface area contributed by atoms with E-state index in [1.165, 1.54) is 32.1 Å². The first-order valence-electron chi connectivity index (χ1n) is 6.16. The van der Waals surface area contributed by atoms with Crippen LogP contribution in [0.1, 0.15) is 46.0 Å². The molecule has 1 N–H and O–H groups in total. The van der Waals surface area contributed by atoms with Crippen molar-refractivity contribution in [3.05, 3.63) is 0 Å². The van der Waals surface area contributed by atoms with Gasteiger partial charge in [0.15, 0.2) is 0 Å². The van der Waals surface area contributed by atoms with Crippen LogP contribution >= 0.6 is 0 Å². The molecule has 0 unspecified atom stereocenters. The van der Waals surface area contributed by atoms with Crippen LogP contribution in [0.4, 0.5) is 5.95 Å². The molecular formula is C11H23N5. The minimum Gasteiger partial charge on any atom is -0.353 e. The topological polar surface area (TPSA) is 55.6 Å². The Morgan fingerprint density at radius 3 is 2.56 bits per heavy atom. The second-order valence-corrected chi connectivity index (χ2v) is 4.65. The maximum Gasteiger partial charge on any atom is 0.242 e. The minimum atomic E-state index is 0.752. The Balaban J connectivity index is 1.94. The fourth-order valence-electron chi connectivity index (χ4n) is 1.61. The summed E-state index contributed by atoms with van der Waals surface area (Å²) in [7, 11) is 1.84. The lowest BCUT2D eigenvalue weighted by atomic mass is 10.0. The summed E-state index contributed by atoms with van der Waals surface area (Å²) in [5, 5.41) is 14.4. The van der Waals surface area contributed by atoms with E-state index in [1.807, 2.05) is 7.05 Å². The number of unbranched alkanes of at least 4 members (excludes halogenated alkanes) is 3. The van der Waals surface area contributed by atoms with E-state index in [-0.39, 0.29) is 0 Å². The number of aromatic nitrogens is 4. The van der Waals surface area contributed by atoms with Gasteiger partial charge in [0, 0.05) is 13.6 Å². The van der Waals surface area contributed by atoms with Gasteiger partial charge in [-0.2, -0.15) is 0 Å². The van der Waals surface area contributed by atoms with E-state index < -0.39 is 0 Å². The van der Waals surface area contributed by atoms with Crippen LogP contribution in [0.25, 0.3) is 0 Å². The van der Waals surface area contributed by atoms with Gasteiger partial charge in [-0.15, -0.1) is 0 Å². The number of tetrazole rings is 1. The Bertz CT molecular complexity index is 282. The van der Waals surface area contributed by atoms with E-state index in [0.29, 0.717) is 0 Å². The number of anilines is 1. The Hall–Kier alpha value is -1.13. The maximum absolute atomic E-state index is 3.86. The summed E-state index contributed by atoms with van der Waals surface area (Å²) in [4.78, 5) is 0. The lowest BCUT2D eigenvalue weighted by Crippen LogP contribution is -2.07. The number of aryl methyl sites for hydroxylation is 1. The average molecular weight is 225 g/mol. The number of nitrogens with one attached hydrogen (secondary N) is 1. The summed E-state index contributed by atoms with van der Waals surface area (Å²) >= 11 is 0. The standard InChI is InChI=1S/C11H23N5/c1-10(2)8-6-4-5-7-9-12-11-13-14-15-16(11)3/h10H,4-9H2,1-3H3,(H,12,13,15). The zero-order valence-electron chi connectivity index (χ0n) is 10.6.